The number of carbonyl (C=O) groups excluding carboxylic acids is 1. The Balaban J connectivity index is 1.70. The minimum absolute atomic E-state index is 0.116. The van der Waals surface area contributed by atoms with Crippen LogP contribution in [0.5, 0.6) is 5.75 Å². The molecule has 0 aliphatic carbocycles. The second kappa shape index (κ2) is 8.64. The molecule has 0 spiro atoms. The van der Waals surface area contributed by atoms with Gasteiger partial charge in [-0.2, -0.15) is 0 Å². The van der Waals surface area contributed by atoms with E-state index in [9.17, 15) is 4.79 Å². The Morgan fingerprint density at radius 3 is 2.59 bits per heavy atom. The van der Waals surface area contributed by atoms with Crippen LogP contribution in [0.25, 0.3) is 16.6 Å². The number of para-hydroxylation sites is 1. The van der Waals surface area contributed by atoms with E-state index < -0.39 is 0 Å². The Hall–Kier alpha value is -2.92. The van der Waals surface area contributed by atoms with Gasteiger partial charge in [0.1, 0.15) is 10.8 Å². The van der Waals surface area contributed by atoms with Gasteiger partial charge in [-0.25, -0.2) is 4.98 Å². The zero-order valence-corrected chi connectivity index (χ0v) is 16.4. The fourth-order valence-electron chi connectivity index (χ4n) is 2.81. The first-order valence-electron chi connectivity index (χ1n) is 8.73. The molecule has 0 radical (unpaired) electrons. The lowest BCUT2D eigenvalue weighted by Crippen LogP contribution is -2.24. The minimum Gasteiger partial charge on any atom is -0.496 e. The van der Waals surface area contributed by atoms with Crippen LogP contribution in [0.4, 0.5) is 0 Å². The van der Waals surface area contributed by atoms with Crippen LogP contribution in [0.1, 0.15) is 29.1 Å². The number of ether oxygens (including phenoxy) is 1. The van der Waals surface area contributed by atoms with Crippen molar-refractivity contribution < 1.29 is 9.53 Å². The molecule has 0 saturated carbocycles. The van der Waals surface area contributed by atoms with Crippen LogP contribution in [0.15, 0.2) is 60.7 Å². The lowest BCUT2D eigenvalue weighted by Gasteiger charge is -2.11. The van der Waals surface area contributed by atoms with Gasteiger partial charge in [0.25, 0.3) is 0 Å². The average Bonchev–Trinajstić information content (AvgIpc) is 3.09. The number of carbonyl (C=O) groups is 1. The minimum atomic E-state index is -0.150. The molecule has 1 N–H and O–H groups in total. The molecule has 0 bridgehead atoms. The average molecular weight is 378 g/mol. The summed E-state index contributed by atoms with van der Waals surface area (Å²) in [4.78, 5) is 18.1. The number of aryl methyl sites for hydroxylation is 1. The van der Waals surface area contributed by atoms with Gasteiger partial charge in [0.05, 0.1) is 23.7 Å². The number of thiazole rings is 1. The van der Waals surface area contributed by atoms with Crippen LogP contribution in [0, 0.1) is 6.92 Å². The van der Waals surface area contributed by atoms with E-state index in [4.69, 9.17) is 4.74 Å². The van der Waals surface area contributed by atoms with Crippen molar-refractivity contribution in [2.75, 3.05) is 7.11 Å². The van der Waals surface area contributed by atoms with Crippen LogP contribution < -0.4 is 10.1 Å². The highest BCUT2D eigenvalue weighted by atomic mass is 32.1. The number of methoxy groups -OCH3 is 1. The molecule has 1 atom stereocenters. The van der Waals surface area contributed by atoms with Crippen molar-refractivity contribution in [2.45, 2.75) is 19.9 Å². The van der Waals surface area contributed by atoms with Crippen molar-refractivity contribution in [3.05, 3.63) is 76.8 Å². The highest BCUT2D eigenvalue weighted by molar-refractivity contribution is 7.15. The van der Waals surface area contributed by atoms with Gasteiger partial charge < -0.3 is 10.1 Å². The van der Waals surface area contributed by atoms with Crippen molar-refractivity contribution in [1.29, 1.82) is 0 Å². The van der Waals surface area contributed by atoms with Gasteiger partial charge in [0.2, 0.25) is 5.91 Å². The number of amides is 1. The zero-order chi connectivity index (χ0) is 19.2. The third kappa shape index (κ3) is 4.63. The van der Waals surface area contributed by atoms with E-state index in [-0.39, 0.29) is 11.9 Å². The molecule has 2 aromatic carbocycles. The number of rotatable bonds is 6. The summed E-state index contributed by atoms with van der Waals surface area (Å²) >= 11 is 1.61. The highest BCUT2D eigenvalue weighted by Crippen LogP contribution is 2.31. The van der Waals surface area contributed by atoms with E-state index in [0.717, 1.165) is 32.5 Å². The van der Waals surface area contributed by atoms with E-state index in [1.54, 1.807) is 24.5 Å². The monoisotopic (exact) mass is 378 g/mol. The fraction of sp³-hybridized carbons (Fsp3) is 0.182. The molecule has 0 aliphatic heterocycles. The summed E-state index contributed by atoms with van der Waals surface area (Å²) in [7, 11) is 1.62. The van der Waals surface area contributed by atoms with Crippen molar-refractivity contribution in [2.24, 2.45) is 0 Å². The molecule has 5 heteroatoms. The van der Waals surface area contributed by atoms with Gasteiger partial charge in [-0.3, -0.25) is 4.79 Å². The lowest BCUT2D eigenvalue weighted by molar-refractivity contribution is -0.117. The van der Waals surface area contributed by atoms with Crippen molar-refractivity contribution >= 4 is 23.3 Å². The number of benzene rings is 2. The second-order valence-electron chi connectivity index (χ2n) is 6.14. The smallest absolute Gasteiger partial charge is 0.244 e. The molecule has 4 nitrogen and oxygen atoms in total. The molecule has 1 unspecified atom stereocenters. The Morgan fingerprint density at radius 1 is 1.15 bits per heavy atom. The maximum absolute atomic E-state index is 12.3. The fourth-order valence-corrected chi connectivity index (χ4v) is 3.88. The van der Waals surface area contributed by atoms with Crippen molar-refractivity contribution in [3.63, 3.8) is 0 Å². The maximum atomic E-state index is 12.3. The molecule has 3 rings (SSSR count). The number of aromatic nitrogens is 1. The normalized spacial score (nSPS) is 12.1. The molecular weight excluding hydrogens is 356 g/mol. The van der Waals surface area contributed by atoms with E-state index in [0.29, 0.717) is 0 Å². The van der Waals surface area contributed by atoms with Gasteiger partial charge >= 0.3 is 0 Å². The SMILES string of the molecule is COc1ccccc1/C=C/C(=O)NC(C)c1sc(-c2ccccc2)nc1C. The van der Waals surface area contributed by atoms with Crippen LogP contribution in [0.2, 0.25) is 0 Å². The summed E-state index contributed by atoms with van der Waals surface area (Å²) in [5, 5.41) is 3.98. The lowest BCUT2D eigenvalue weighted by atomic mass is 10.2. The van der Waals surface area contributed by atoms with E-state index in [1.165, 1.54) is 6.08 Å². The van der Waals surface area contributed by atoms with Gasteiger partial charge in [0.15, 0.2) is 0 Å². The van der Waals surface area contributed by atoms with Gasteiger partial charge in [-0.1, -0.05) is 48.5 Å². The highest BCUT2D eigenvalue weighted by Gasteiger charge is 2.16. The summed E-state index contributed by atoms with van der Waals surface area (Å²) in [5.74, 6) is 0.586. The first kappa shape index (κ1) is 18.9. The van der Waals surface area contributed by atoms with Crippen LogP contribution in [-0.4, -0.2) is 18.0 Å². The van der Waals surface area contributed by atoms with E-state index in [2.05, 4.69) is 10.3 Å². The predicted molar refractivity (Wildman–Crippen MR) is 111 cm³/mol. The molecular formula is C22H22N2O2S. The van der Waals surface area contributed by atoms with Gasteiger partial charge in [-0.15, -0.1) is 11.3 Å². The number of nitrogens with one attached hydrogen (secondary N) is 1. The summed E-state index contributed by atoms with van der Waals surface area (Å²) in [6, 6.07) is 17.5. The molecule has 27 heavy (non-hydrogen) atoms. The van der Waals surface area contributed by atoms with Crippen LogP contribution in [0.3, 0.4) is 0 Å². The summed E-state index contributed by atoms with van der Waals surface area (Å²) < 4.78 is 5.30. The maximum Gasteiger partial charge on any atom is 0.244 e. The van der Waals surface area contributed by atoms with Crippen LogP contribution in [-0.2, 0) is 4.79 Å². The topological polar surface area (TPSA) is 51.2 Å². The molecule has 0 saturated heterocycles. The Bertz CT molecular complexity index is 948. The standard InChI is InChI=1S/C22H22N2O2S/c1-15(21-16(2)24-22(27-21)18-10-5-4-6-11-18)23-20(25)14-13-17-9-7-8-12-19(17)26-3/h4-15H,1-3H3,(H,23,25)/b14-13+. The molecule has 1 heterocycles. The Labute approximate surface area is 163 Å². The molecule has 1 aromatic heterocycles. The second-order valence-corrected chi connectivity index (χ2v) is 7.17. The third-order valence-corrected chi connectivity index (χ3v) is 5.55. The molecule has 138 valence electrons. The number of hydrogen-bond acceptors (Lipinski definition) is 4. The van der Waals surface area contributed by atoms with E-state index in [1.807, 2.05) is 68.4 Å². The summed E-state index contributed by atoms with van der Waals surface area (Å²) in [6.45, 7) is 3.95. The molecule has 0 aliphatic rings. The first-order valence-corrected chi connectivity index (χ1v) is 9.54. The first-order chi connectivity index (χ1) is 13.1. The largest absolute Gasteiger partial charge is 0.496 e. The quantitative estimate of drug-likeness (QED) is 0.613. The van der Waals surface area contributed by atoms with Crippen molar-refractivity contribution in [1.82, 2.24) is 10.3 Å². The Morgan fingerprint density at radius 2 is 1.85 bits per heavy atom. The molecule has 0 fully saturated rings. The van der Waals surface area contributed by atoms with Crippen LogP contribution >= 0.6 is 11.3 Å². The predicted octanol–water partition coefficient (Wildman–Crippen LogP) is 5.02. The zero-order valence-electron chi connectivity index (χ0n) is 15.6. The van der Waals surface area contributed by atoms with E-state index >= 15 is 0 Å². The number of nitrogens with zero attached hydrogens (tertiary/aromatic N) is 1. The third-order valence-electron chi connectivity index (χ3n) is 4.16. The molecule has 3 aromatic rings. The van der Waals surface area contributed by atoms with Crippen molar-refractivity contribution in [3.8, 4) is 16.3 Å². The van der Waals surface area contributed by atoms with Gasteiger partial charge in [0, 0.05) is 17.2 Å². The summed E-state index contributed by atoms with van der Waals surface area (Å²) in [6.07, 6.45) is 3.29. The summed E-state index contributed by atoms with van der Waals surface area (Å²) in [5.41, 5.74) is 2.90. The Kier molecular flexibility index (Phi) is 6.04. The molecule has 1 amide bonds. The number of hydrogen-bond donors (Lipinski definition) is 1. The van der Waals surface area contributed by atoms with Gasteiger partial charge in [-0.05, 0) is 26.0 Å².